The van der Waals surface area contributed by atoms with Gasteiger partial charge in [-0.05, 0) is 25.7 Å². The molecule has 1 aliphatic carbocycles. The minimum Gasteiger partial charge on any atom is -0.299 e. The molecule has 0 amide bonds. The van der Waals surface area contributed by atoms with Crippen molar-refractivity contribution in [3.05, 3.63) is 12.2 Å². The second-order valence-corrected chi connectivity index (χ2v) is 3.62. The van der Waals surface area contributed by atoms with Crippen LogP contribution in [0.3, 0.4) is 0 Å². The molecule has 0 radical (unpaired) electrons. The fourth-order valence-electron chi connectivity index (χ4n) is 2.33. The zero-order valence-corrected chi connectivity index (χ0v) is 8.26. The van der Waals surface area contributed by atoms with Crippen molar-refractivity contribution in [1.82, 2.24) is 0 Å². The van der Waals surface area contributed by atoms with E-state index in [-0.39, 0.29) is 5.41 Å². The third-order valence-electron chi connectivity index (χ3n) is 3.36. The molecule has 0 bridgehead atoms. The molecule has 0 aromatic heterocycles. The Morgan fingerprint density at radius 2 is 2.08 bits per heavy atom. The normalized spacial score (nSPS) is 27.6. The van der Waals surface area contributed by atoms with Gasteiger partial charge in [0, 0.05) is 11.8 Å². The SMILES string of the molecule is CC=CC1CC(=O)C1(CC)CC. The lowest BCUT2D eigenvalue weighted by Gasteiger charge is -2.45. The molecule has 68 valence electrons. The molecule has 0 spiro atoms. The lowest BCUT2D eigenvalue weighted by atomic mass is 9.56. The van der Waals surface area contributed by atoms with Crippen molar-refractivity contribution in [2.45, 2.75) is 40.0 Å². The summed E-state index contributed by atoms with van der Waals surface area (Å²) in [6, 6.07) is 0. The van der Waals surface area contributed by atoms with Gasteiger partial charge in [0.25, 0.3) is 0 Å². The van der Waals surface area contributed by atoms with E-state index in [1.54, 1.807) is 0 Å². The first-order valence-electron chi connectivity index (χ1n) is 4.87. The summed E-state index contributed by atoms with van der Waals surface area (Å²) in [5.41, 5.74) is 0.00646. The van der Waals surface area contributed by atoms with Crippen LogP contribution in [0, 0.1) is 11.3 Å². The van der Waals surface area contributed by atoms with Crippen LogP contribution >= 0.6 is 0 Å². The topological polar surface area (TPSA) is 17.1 Å². The fourth-order valence-corrected chi connectivity index (χ4v) is 2.33. The molecular weight excluding hydrogens is 148 g/mol. The molecule has 1 aliphatic rings. The van der Waals surface area contributed by atoms with Gasteiger partial charge in [-0.25, -0.2) is 0 Å². The van der Waals surface area contributed by atoms with Gasteiger partial charge in [0.1, 0.15) is 5.78 Å². The van der Waals surface area contributed by atoms with E-state index in [9.17, 15) is 4.79 Å². The van der Waals surface area contributed by atoms with Crippen molar-refractivity contribution in [3.63, 3.8) is 0 Å². The average molecular weight is 166 g/mol. The summed E-state index contributed by atoms with van der Waals surface area (Å²) >= 11 is 0. The first-order chi connectivity index (χ1) is 5.71. The Kier molecular flexibility index (Phi) is 2.71. The maximum absolute atomic E-state index is 11.5. The van der Waals surface area contributed by atoms with Crippen molar-refractivity contribution in [2.24, 2.45) is 11.3 Å². The molecule has 1 rings (SSSR count). The van der Waals surface area contributed by atoms with Crippen LogP contribution in [0.2, 0.25) is 0 Å². The summed E-state index contributed by atoms with van der Waals surface area (Å²) in [6.07, 6.45) is 7.02. The Morgan fingerprint density at radius 1 is 1.50 bits per heavy atom. The molecule has 0 aromatic rings. The van der Waals surface area contributed by atoms with Crippen LogP contribution in [-0.4, -0.2) is 5.78 Å². The van der Waals surface area contributed by atoms with E-state index in [2.05, 4.69) is 26.0 Å². The molecule has 1 nitrogen and oxygen atoms in total. The Bertz CT molecular complexity index is 199. The number of ketones is 1. The number of Topliss-reactive ketones (excluding diaryl/α,β-unsaturated/α-hetero) is 1. The molecule has 0 N–H and O–H groups in total. The highest BCUT2D eigenvalue weighted by atomic mass is 16.1. The molecule has 0 heterocycles. The van der Waals surface area contributed by atoms with Crippen LogP contribution in [0.1, 0.15) is 40.0 Å². The molecule has 0 saturated heterocycles. The van der Waals surface area contributed by atoms with Crippen LogP contribution in [0.25, 0.3) is 0 Å². The first-order valence-corrected chi connectivity index (χ1v) is 4.87. The minimum absolute atomic E-state index is 0.00646. The summed E-state index contributed by atoms with van der Waals surface area (Å²) in [5, 5.41) is 0. The second kappa shape index (κ2) is 3.42. The van der Waals surface area contributed by atoms with E-state index in [0.717, 1.165) is 19.3 Å². The molecule has 1 saturated carbocycles. The maximum Gasteiger partial charge on any atom is 0.140 e. The minimum atomic E-state index is 0.00646. The van der Waals surface area contributed by atoms with Gasteiger partial charge in [0.2, 0.25) is 0 Å². The highest BCUT2D eigenvalue weighted by Crippen LogP contribution is 2.49. The van der Waals surface area contributed by atoms with E-state index in [0.29, 0.717) is 11.7 Å². The van der Waals surface area contributed by atoms with Crippen molar-refractivity contribution >= 4 is 5.78 Å². The summed E-state index contributed by atoms with van der Waals surface area (Å²) in [4.78, 5) is 11.5. The summed E-state index contributed by atoms with van der Waals surface area (Å²) in [5.74, 6) is 0.987. The molecule has 1 unspecified atom stereocenters. The third kappa shape index (κ3) is 1.12. The third-order valence-corrected chi connectivity index (χ3v) is 3.36. The first kappa shape index (κ1) is 9.50. The van der Waals surface area contributed by atoms with Gasteiger partial charge in [0.05, 0.1) is 0 Å². The van der Waals surface area contributed by atoms with Gasteiger partial charge >= 0.3 is 0 Å². The van der Waals surface area contributed by atoms with Gasteiger partial charge in [-0.1, -0.05) is 26.0 Å². The predicted octanol–water partition coefficient (Wildman–Crippen LogP) is 2.96. The van der Waals surface area contributed by atoms with Crippen molar-refractivity contribution in [2.75, 3.05) is 0 Å². The number of carbonyl (C=O) groups excluding carboxylic acids is 1. The highest BCUT2D eigenvalue weighted by molar-refractivity contribution is 5.92. The molecule has 1 atom stereocenters. The van der Waals surface area contributed by atoms with Crippen LogP contribution in [0.5, 0.6) is 0 Å². The maximum atomic E-state index is 11.5. The lowest BCUT2D eigenvalue weighted by molar-refractivity contribution is -0.143. The highest BCUT2D eigenvalue weighted by Gasteiger charge is 2.50. The Hall–Kier alpha value is -0.590. The molecule has 12 heavy (non-hydrogen) atoms. The number of allylic oxidation sites excluding steroid dienone is 2. The Balaban J connectivity index is 2.76. The van der Waals surface area contributed by atoms with Crippen molar-refractivity contribution < 1.29 is 4.79 Å². The molecular formula is C11H18O. The summed E-state index contributed by atoms with van der Waals surface area (Å²) in [6.45, 7) is 6.27. The zero-order valence-electron chi connectivity index (χ0n) is 8.26. The van der Waals surface area contributed by atoms with E-state index in [4.69, 9.17) is 0 Å². The van der Waals surface area contributed by atoms with Crippen LogP contribution in [0.4, 0.5) is 0 Å². The van der Waals surface area contributed by atoms with Crippen LogP contribution < -0.4 is 0 Å². The van der Waals surface area contributed by atoms with Crippen molar-refractivity contribution in [1.29, 1.82) is 0 Å². The Labute approximate surface area is 74.9 Å². The van der Waals surface area contributed by atoms with E-state index in [1.165, 1.54) is 0 Å². The van der Waals surface area contributed by atoms with Gasteiger partial charge < -0.3 is 0 Å². The number of hydrogen-bond acceptors (Lipinski definition) is 1. The number of rotatable bonds is 3. The van der Waals surface area contributed by atoms with E-state index in [1.807, 2.05) is 6.92 Å². The predicted molar refractivity (Wildman–Crippen MR) is 50.9 cm³/mol. The van der Waals surface area contributed by atoms with Gasteiger partial charge in [0.15, 0.2) is 0 Å². The Morgan fingerprint density at radius 3 is 2.42 bits per heavy atom. The van der Waals surface area contributed by atoms with Crippen molar-refractivity contribution in [3.8, 4) is 0 Å². The second-order valence-electron chi connectivity index (χ2n) is 3.62. The van der Waals surface area contributed by atoms with Gasteiger partial charge in [-0.2, -0.15) is 0 Å². The molecule has 0 aromatic carbocycles. The quantitative estimate of drug-likeness (QED) is 0.589. The van der Waals surface area contributed by atoms with Gasteiger partial charge in [-0.15, -0.1) is 0 Å². The summed E-state index contributed by atoms with van der Waals surface area (Å²) in [7, 11) is 0. The fraction of sp³-hybridized carbons (Fsp3) is 0.727. The van der Waals surface area contributed by atoms with Crippen LogP contribution in [-0.2, 0) is 4.79 Å². The number of hydrogen-bond donors (Lipinski definition) is 0. The summed E-state index contributed by atoms with van der Waals surface area (Å²) < 4.78 is 0. The zero-order chi connectivity index (χ0) is 9.19. The van der Waals surface area contributed by atoms with E-state index < -0.39 is 0 Å². The largest absolute Gasteiger partial charge is 0.299 e. The standard InChI is InChI=1S/C11H18O/c1-4-7-9-8-10(12)11(9,5-2)6-3/h4,7,9H,5-6,8H2,1-3H3. The van der Waals surface area contributed by atoms with Crippen LogP contribution in [0.15, 0.2) is 12.2 Å². The molecule has 0 aliphatic heterocycles. The molecule has 1 heteroatoms. The monoisotopic (exact) mass is 166 g/mol. The van der Waals surface area contributed by atoms with E-state index >= 15 is 0 Å². The molecule has 1 fully saturated rings. The lowest BCUT2D eigenvalue weighted by Crippen LogP contribution is -2.48. The average Bonchev–Trinajstić information content (AvgIpc) is 2.07. The van der Waals surface area contributed by atoms with Gasteiger partial charge in [-0.3, -0.25) is 4.79 Å². The smallest absolute Gasteiger partial charge is 0.140 e. The number of carbonyl (C=O) groups is 1.